The highest BCUT2D eigenvalue weighted by Crippen LogP contribution is 2.45. The van der Waals surface area contributed by atoms with Crippen LogP contribution in [0, 0.1) is 23.7 Å². The van der Waals surface area contributed by atoms with Crippen molar-refractivity contribution in [2.45, 2.75) is 52.2 Å². The fourth-order valence-corrected chi connectivity index (χ4v) is 4.31. The molecule has 0 aromatic carbocycles. The normalized spacial score (nSPS) is 29.6. The average molecular weight is 401 g/mol. The Balaban J connectivity index is 2.14. The van der Waals surface area contributed by atoms with Crippen molar-refractivity contribution in [3.8, 4) is 0 Å². The SMILES string of the molecule is COCO/C=C1\[C@@H](CCC2(C)OCCO2)[C@H](C)CC[C@H]1[C@@H](C)C(=O)OCOC. The number of esters is 1. The summed E-state index contributed by atoms with van der Waals surface area (Å²) in [6.45, 7) is 7.62. The molecule has 1 saturated heterocycles. The molecule has 0 aromatic heterocycles. The molecular weight excluding hydrogens is 364 g/mol. The number of hydrogen-bond acceptors (Lipinski definition) is 7. The quantitative estimate of drug-likeness (QED) is 0.241. The summed E-state index contributed by atoms with van der Waals surface area (Å²) in [6.07, 6.45) is 5.49. The zero-order chi connectivity index (χ0) is 20.6. The predicted molar refractivity (Wildman–Crippen MR) is 103 cm³/mol. The van der Waals surface area contributed by atoms with Crippen molar-refractivity contribution in [3.63, 3.8) is 0 Å². The van der Waals surface area contributed by atoms with Gasteiger partial charge in [-0.25, -0.2) is 0 Å². The van der Waals surface area contributed by atoms with E-state index < -0.39 is 5.79 Å². The molecule has 1 heterocycles. The third-order valence-electron chi connectivity index (χ3n) is 5.98. The molecule has 28 heavy (non-hydrogen) atoms. The van der Waals surface area contributed by atoms with Crippen molar-refractivity contribution in [1.29, 1.82) is 0 Å². The van der Waals surface area contributed by atoms with Crippen LogP contribution in [0.25, 0.3) is 0 Å². The van der Waals surface area contributed by atoms with E-state index >= 15 is 0 Å². The third kappa shape index (κ3) is 6.17. The summed E-state index contributed by atoms with van der Waals surface area (Å²) in [4.78, 5) is 12.4. The van der Waals surface area contributed by atoms with Gasteiger partial charge in [0.15, 0.2) is 19.4 Å². The second kappa shape index (κ2) is 11.1. The number of allylic oxidation sites excluding steroid dienone is 1. The number of methoxy groups -OCH3 is 2. The molecule has 1 aliphatic carbocycles. The molecule has 4 atom stereocenters. The molecule has 2 rings (SSSR count). The second-order valence-electron chi connectivity index (χ2n) is 7.99. The molecule has 7 heteroatoms. The van der Waals surface area contributed by atoms with Gasteiger partial charge in [0, 0.05) is 20.6 Å². The van der Waals surface area contributed by atoms with Crippen LogP contribution < -0.4 is 0 Å². The molecule has 0 aromatic rings. The van der Waals surface area contributed by atoms with Crippen molar-refractivity contribution in [2.24, 2.45) is 23.7 Å². The first-order chi connectivity index (χ1) is 13.4. The second-order valence-corrected chi connectivity index (χ2v) is 7.99. The smallest absolute Gasteiger partial charge is 0.311 e. The van der Waals surface area contributed by atoms with Crippen LogP contribution in [0.3, 0.4) is 0 Å². The summed E-state index contributed by atoms with van der Waals surface area (Å²) in [5.41, 5.74) is 1.15. The minimum atomic E-state index is -0.520. The molecule has 162 valence electrons. The van der Waals surface area contributed by atoms with Crippen molar-refractivity contribution < 1.29 is 33.2 Å². The van der Waals surface area contributed by atoms with E-state index in [1.165, 1.54) is 7.11 Å². The number of hydrogen-bond donors (Lipinski definition) is 0. The van der Waals surface area contributed by atoms with Gasteiger partial charge in [-0.05, 0) is 49.5 Å². The van der Waals surface area contributed by atoms with Gasteiger partial charge < -0.3 is 28.4 Å². The van der Waals surface area contributed by atoms with Gasteiger partial charge in [-0.15, -0.1) is 0 Å². The Labute approximate surface area is 168 Å². The van der Waals surface area contributed by atoms with Crippen LogP contribution in [-0.2, 0) is 33.2 Å². The first-order valence-corrected chi connectivity index (χ1v) is 10.2. The summed E-state index contributed by atoms with van der Waals surface area (Å²) >= 11 is 0. The van der Waals surface area contributed by atoms with Gasteiger partial charge in [-0.1, -0.05) is 13.8 Å². The molecule has 1 aliphatic heterocycles. The fourth-order valence-electron chi connectivity index (χ4n) is 4.31. The van der Waals surface area contributed by atoms with Gasteiger partial charge in [0.25, 0.3) is 0 Å². The molecule has 0 unspecified atom stereocenters. The minimum absolute atomic E-state index is 0.0258. The molecule has 0 bridgehead atoms. The van der Waals surface area contributed by atoms with E-state index in [4.69, 9.17) is 28.4 Å². The van der Waals surface area contributed by atoms with Gasteiger partial charge in [0.05, 0.1) is 25.4 Å². The van der Waals surface area contributed by atoms with Crippen molar-refractivity contribution in [2.75, 3.05) is 41.0 Å². The van der Waals surface area contributed by atoms with Crippen molar-refractivity contribution in [3.05, 3.63) is 11.8 Å². The van der Waals surface area contributed by atoms with E-state index in [0.29, 0.717) is 19.1 Å². The van der Waals surface area contributed by atoms with E-state index in [2.05, 4.69) is 6.92 Å². The molecule has 0 spiro atoms. The van der Waals surface area contributed by atoms with Crippen LogP contribution in [0.15, 0.2) is 11.8 Å². The highest BCUT2D eigenvalue weighted by molar-refractivity contribution is 5.72. The molecule has 2 aliphatic rings. The standard InChI is InChI=1S/C21H36O7/c1-15-6-7-18(16(2)20(22)26-14-24-5)19(12-25-13-23-4)17(15)8-9-21(3)27-10-11-28-21/h12,15-18H,6-11,13-14H2,1-5H3/b19-12+/t15-,16-,17+,18+/m1/s1. The Kier molecular flexibility index (Phi) is 9.21. The first-order valence-electron chi connectivity index (χ1n) is 10.2. The maximum atomic E-state index is 12.4. The predicted octanol–water partition coefficient (Wildman–Crippen LogP) is 3.48. The van der Waals surface area contributed by atoms with Gasteiger partial charge in [-0.2, -0.15) is 0 Å². The fraction of sp³-hybridized carbons (Fsp3) is 0.857. The highest BCUT2D eigenvalue weighted by atomic mass is 16.7. The van der Waals surface area contributed by atoms with E-state index in [1.54, 1.807) is 13.4 Å². The number of carbonyl (C=O) groups is 1. The summed E-state index contributed by atoms with van der Waals surface area (Å²) in [5, 5.41) is 0. The maximum absolute atomic E-state index is 12.4. The molecule has 7 nitrogen and oxygen atoms in total. The van der Waals surface area contributed by atoms with E-state index in [1.807, 2.05) is 13.8 Å². The maximum Gasteiger partial charge on any atom is 0.311 e. The lowest BCUT2D eigenvalue weighted by Gasteiger charge is -2.40. The number of ether oxygens (including phenoxy) is 6. The van der Waals surface area contributed by atoms with Crippen molar-refractivity contribution >= 4 is 5.97 Å². The van der Waals surface area contributed by atoms with Crippen LogP contribution >= 0.6 is 0 Å². The summed E-state index contributed by atoms with van der Waals surface area (Å²) < 4.78 is 32.3. The highest BCUT2D eigenvalue weighted by Gasteiger charge is 2.40. The Morgan fingerprint density at radius 1 is 1.21 bits per heavy atom. The van der Waals surface area contributed by atoms with Crippen LogP contribution in [0.4, 0.5) is 0 Å². The van der Waals surface area contributed by atoms with E-state index in [9.17, 15) is 4.79 Å². The van der Waals surface area contributed by atoms with Crippen LogP contribution in [0.2, 0.25) is 0 Å². The monoisotopic (exact) mass is 400 g/mol. The molecule has 0 N–H and O–H groups in total. The lowest BCUT2D eigenvalue weighted by atomic mass is 9.66. The topological polar surface area (TPSA) is 72.5 Å². The lowest BCUT2D eigenvalue weighted by molar-refractivity contribution is -0.160. The van der Waals surface area contributed by atoms with Crippen molar-refractivity contribution in [1.82, 2.24) is 0 Å². The van der Waals surface area contributed by atoms with Gasteiger partial charge >= 0.3 is 5.97 Å². The average Bonchev–Trinajstić information content (AvgIpc) is 3.12. The Bertz CT molecular complexity index is 513. The van der Waals surface area contributed by atoms with E-state index in [-0.39, 0.29) is 37.3 Å². The molecule has 0 radical (unpaired) electrons. The first kappa shape index (κ1) is 23.1. The minimum Gasteiger partial charge on any atom is -0.475 e. The van der Waals surface area contributed by atoms with Crippen LogP contribution in [-0.4, -0.2) is 52.8 Å². The largest absolute Gasteiger partial charge is 0.475 e. The van der Waals surface area contributed by atoms with Gasteiger partial charge in [0.2, 0.25) is 0 Å². The Hall–Kier alpha value is -1.15. The molecule has 1 saturated carbocycles. The number of rotatable bonds is 10. The third-order valence-corrected chi connectivity index (χ3v) is 5.98. The van der Waals surface area contributed by atoms with Crippen LogP contribution in [0.5, 0.6) is 0 Å². The van der Waals surface area contributed by atoms with Gasteiger partial charge in [-0.3, -0.25) is 4.79 Å². The molecular formula is C21H36O7. The zero-order valence-electron chi connectivity index (χ0n) is 17.9. The lowest BCUT2D eigenvalue weighted by Crippen LogP contribution is -2.35. The summed E-state index contributed by atoms with van der Waals surface area (Å²) in [7, 11) is 3.10. The molecule has 2 fully saturated rings. The Morgan fingerprint density at radius 3 is 2.54 bits per heavy atom. The Morgan fingerprint density at radius 2 is 1.89 bits per heavy atom. The molecule has 0 amide bonds. The van der Waals surface area contributed by atoms with E-state index in [0.717, 1.165) is 31.3 Å². The summed E-state index contributed by atoms with van der Waals surface area (Å²) in [6, 6.07) is 0. The number of carbonyl (C=O) groups excluding carboxylic acids is 1. The zero-order valence-corrected chi connectivity index (χ0v) is 17.9. The van der Waals surface area contributed by atoms with Gasteiger partial charge in [0.1, 0.15) is 0 Å². The summed E-state index contributed by atoms with van der Waals surface area (Å²) in [5.74, 6) is -0.183. The van der Waals surface area contributed by atoms with Crippen LogP contribution in [0.1, 0.15) is 46.5 Å².